The van der Waals surface area contributed by atoms with E-state index in [1.165, 1.54) is 12.3 Å². The van der Waals surface area contributed by atoms with Crippen molar-refractivity contribution in [2.75, 3.05) is 5.32 Å². The molecule has 0 bridgehead atoms. The summed E-state index contributed by atoms with van der Waals surface area (Å²) in [6, 6.07) is 19.3. The lowest BCUT2D eigenvalue weighted by molar-refractivity contribution is -0.113. The molecule has 2 amide bonds. The van der Waals surface area contributed by atoms with Gasteiger partial charge >= 0.3 is 0 Å². The first kappa shape index (κ1) is 17.7. The highest BCUT2D eigenvalue weighted by molar-refractivity contribution is 9.10. The van der Waals surface area contributed by atoms with Gasteiger partial charge in [0, 0.05) is 21.8 Å². The number of benzene rings is 2. The van der Waals surface area contributed by atoms with E-state index < -0.39 is 5.91 Å². The summed E-state index contributed by atoms with van der Waals surface area (Å²) in [6.45, 7) is 0. The third-order valence-electron chi connectivity index (χ3n) is 3.44. The van der Waals surface area contributed by atoms with Gasteiger partial charge in [-0.3, -0.25) is 9.59 Å². The number of anilines is 1. The molecule has 3 rings (SSSR count). The molecule has 0 aliphatic heterocycles. The lowest BCUT2D eigenvalue weighted by Crippen LogP contribution is -2.30. The Hall–Kier alpha value is -3.12. The van der Waals surface area contributed by atoms with Crippen molar-refractivity contribution in [3.63, 3.8) is 0 Å². The molecule has 0 saturated heterocycles. The van der Waals surface area contributed by atoms with Crippen LogP contribution in [0.15, 0.2) is 87.6 Å². The van der Waals surface area contributed by atoms with E-state index in [0.29, 0.717) is 17.0 Å². The van der Waals surface area contributed by atoms with E-state index in [2.05, 4.69) is 26.6 Å². The number of hydrogen-bond acceptors (Lipinski definition) is 3. The quantitative estimate of drug-likeness (QED) is 0.610. The fourth-order valence-corrected chi connectivity index (χ4v) is 2.62. The summed E-state index contributed by atoms with van der Waals surface area (Å²) in [5, 5.41) is 5.40. The Labute approximate surface area is 158 Å². The highest BCUT2D eigenvalue weighted by Gasteiger charge is 2.15. The molecule has 0 spiro atoms. The fraction of sp³-hybridized carbons (Fsp3) is 0. The van der Waals surface area contributed by atoms with Crippen molar-refractivity contribution in [2.24, 2.45) is 0 Å². The Morgan fingerprint density at radius 1 is 0.962 bits per heavy atom. The van der Waals surface area contributed by atoms with E-state index in [9.17, 15) is 9.59 Å². The van der Waals surface area contributed by atoms with Gasteiger partial charge in [0.2, 0.25) is 0 Å². The van der Waals surface area contributed by atoms with Crippen LogP contribution < -0.4 is 10.6 Å². The molecule has 5 nitrogen and oxygen atoms in total. The lowest BCUT2D eigenvalue weighted by Gasteiger charge is -2.11. The number of furan rings is 1. The van der Waals surface area contributed by atoms with Gasteiger partial charge < -0.3 is 15.1 Å². The van der Waals surface area contributed by atoms with Gasteiger partial charge in [0.05, 0.1) is 6.26 Å². The van der Waals surface area contributed by atoms with Crippen LogP contribution in [-0.2, 0) is 4.79 Å². The summed E-state index contributed by atoms with van der Waals surface area (Å²) < 4.78 is 6.09. The number of hydrogen-bond donors (Lipinski definition) is 2. The maximum Gasteiger partial charge on any atom is 0.272 e. The molecule has 0 fully saturated rings. The smallest absolute Gasteiger partial charge is 0.272 e. The topological polar surface area (TPSA) is 71.3 Å². The Morgan fingerprint density at radius 3 is 2.46 bits per heavy atom. The van der Waals surface area contributed by atoms with Crippen molar-refractivity contribution >= 4 is 39.5 Å². The molecule has 0 aliphatic rings. The van der Waals surface area contributed by atoms with Crippen molar-refractivity contribution in [2.45, 2.75) is 0 Å². The van der Waals surface area contributed by atoms with Crippen molar-refractivity contribution in [3.05, 3.63) is 94.5 Å². The maximum absolute atomic E-state index is 12.7. The van der Waals surface area contributed by atoms with Gasteiger partial charge in [-0.05, 0) is 42.5 Å². The average molecular weight is 411 g/mol. The molecular formula is C20H15BrN2O3. The normalized spacial score (nSPS) is 11.0. The highest BCUT2D eigenvalue weighted by atomic mass is 79.9. The standard InChI is InChI=1S/C20H15BrN2O3/c21-15-8-4-9-16(12-15)22-20(25)18(13-17-10-5-11-26-17)23-19(24)14-6-2-1-3-7-14/h1-13H,(H,22,25)(H,23,24). The SMILES string of the molecule is O=C(Nc1cccc(Br)c1)C(=Cc1ccco1)NC(=O)c1ccccc1. The Bertz CT molecular complexity index is 935. The van der Waals surface area contributed by atoms with Gasteiger partial charge in [0.25, 0.3) is 11.8 Å². The van der Waals surface area contributed by atoms with Gasteiger partial charge in [-0.15, -0.1) is 0 Å². The predicted octanol–water partition coefficient (Wildman–Crippen LogP) is 4.45. The third-order valence-corrected chi connectivity index (χ3v) is 3.93. The van der Waals surface area contributed by atoms with Crippen LogP contribution in [0.2, 0.25) is 0 Å². The first-order valence-corrected chi connectivity index (χ1v) is 8.59. The number of carbonyl (C=O) groups is 2. The van der Waals surface area contributed by atoms with E-state index in [0.717, 1.165) is 4.47 Å². The van der Waals surface area contributed by atoms with E-state index in [4.69, 9.17) is 4.42 Å². The van der Waals surface area contributed by atoms with Gasteiger partial charge in [0.1, 0.15) is 11.5 Å². The van der Waals surface area contributed by atoms with Crippen LogP contribution in [0, 0.1) is 0 Å². The zero-order chi connectivity index (χ0) is 18.4. The minimum atomic E-state index is -0.455. The molecule has 1 aromatic heterocycles. The van der Waals surface area contributed by atoms with Crippen molar-refractivity contribution in [1.82, 2.24) is 5.32 Å². The van der Waals surface area contributed by atoms with E-state index in [1.807, 2.05) is 12.1 Å². The van der Waals surface area contributed by atoms with E-state index in [1.54, 1.807) is 54.6 Å². The summed E-state index contributed by atoms with van der Waals surface area (Å²) in [5.74, 6) is -0.380. The first-order valence-electron chi connectivity index (χ1n) is 7.80. The Balaban J connectivity index is 1.83. The summed E-state index contributed by atoms with van der Waals surface area (Å²) in [6.07, 6.45) is 2.98. The maximum atomic E-state index is 12.7. The molecule has 2 aromatic carbocycles. The number of rotatable bonds is 5. The summed E-state index contributed by atoms with van der Waals surface area (Å²) in [7, 11) is 0. The average Bonchev–Trinajstić information content (AvgIpc) is 3.15. The number of amides is 2. The first-order chi connectivity index (χ1) is 12.6. The molecule has 0 saturated carbocycles. The second-order valence-corrected chi connectivity index (χ2v) is 6.27. The molecule has 3 aromatic rings. The third kappa shape index (κ3) is 4.70. The number of nitrogens with one attached hydrogen (secondary N) is 2. The molecular weight excluding hydrogens is 396 g/mol. The minimum absolute atomic E-state index is 0.0776. The largest absolute Gasteiger partial charge is 0.465 e. The molecule has 0 unspecified atom stereocenters. The van der Waals surface area contributed by atoms with Crippen molar-refractivity contribution in [3.8, 4) is 0 Å². The molecule has 0 atom stereocenters. The van der Waals surface area contributed by atoms with Crippen LogP contribution in [-0.4, -0.2) is 11.8 Å². The van der Waals surface area contributed by atoms with Crippen molar-refractivity contribution in [1.29, 1.82) is 0 Å². The summed E-state index contributed by atoms with van der Waals surface area (Å²) >= 11 is 3.36. The van der Waals surface area contributed by atoms with Gasteiger partial charge in [0.15, 0.2) is 0 Å². The van der Waals surface area contributed by atoms with E-state index >= 15 is 0 Å². The molecule has 0 aliphatic carbocycles. The van der Waals surface area contributed by atoms with Crippen LogP contribution in [0.5, 0.6) is 0 Å². The molecule has 2 N–H and O–H groups in total. The highest BCUT2D eigenvalue weighted by Crippen LogP contribution is 2.17. The van der Waals surface area contributed by atoms with Crippen LogP contribution in [0.1, 0.15) is 16.1 Å². The van der Waals surface area contributed by atoms with Crippen LogP contribution in [0.25, 0.3) is 6.08 Å². The molecule has 1 heterocycles. The van der Waals surface area contributed by atoms with Gasteiger partial charge in [-0.25, -0.2) is 0 Å². The molecule has 130 valence electrons. The molecule has 26 heavy (non-hydrogen) atoms. The van der Waals surface area contributed by atoms with E-state index in [-0.39, 0.29) is 11.6 Å². The lowest BCUT2D eigenvalue weighted by atomic mass is 10.2. The Kier molecular flexibility index (Phi) is 5.66. The Morgan fingerprint density at radius 2 is 1.77 bits per heavy atom. The second kappa shape index (κ2) is 8.31. The molecule has 0 radical (unpaired) electrons. The van der Waals surface area contributed by atoms with Crippen LogP contribution in [0.3, 0.4) is 0 Å². The molecule has 6 heteroatoms. The monoisotopic (exact) mass is 410 g/mol. The fourth-order valence-electron chi connectivity index (χ4n) is 2.22. The number of carbonyl (C=O) groups excluding carboxylic acids is 2. The summed E-state index contributed by atoms with van der Waals surface area (Å²) in [4.78, 5) is 25.1. The minimum Gasteiger partial charge on any atom is -0.465 e. The zero-order valence-corrected chi connectivity index (χ0v) is 15.2. The second-order valence-electron chi connectivity index (χ2n) is 5.36. The van der Waals surface area contributed by atoms with Gasteiger partial charge in [-0.2, -0.15) is 0 Å². The zero-order valence-electron chi connectivity index (χ0n) is 13.6. The predicted molar refractivity (Wildman–Crippen MR) is 103 cm³/mol. The van der Waals surface area contributed by atoms with Crippen molar-refractivity contribution < 1.29 is 14.0 Å². The number of halogens is 1. The van der Waals surface area contributed by atoms with Gasteiger partial charge in [-0.1, -0.05) is 40.2 Å². The van der Waals surface area contributed by atoms with Crippen LogP contribution in [0.4, 0.5) is 5.69 Å². The summed E-state index contributed by atoms with van der Waals surface area (Å²) in [5.41, 5.74) is 1.13. The van der Waals surface area contributed by atoms with Crippen LogP contribution >= 0.6 is 15.9 Å².